The van der Waals surface area contributed by atoms with Gasteiger partial charge in [-0.25, -0.2) is 0 Å². The van der Waals surface area contributed by atoms with Crippen LogP contribution in [0.25, 0.3) is 0 Å². The summed E-state index contributed by atoms with van der Waals surface area (Å²) in [5.74, 6) is 0.467. The zero-order valence-electron chi connectivity index (χ0n) is 15.4. The molecule has 2 heteroatoms. The normalized spacial score (nSPS) is 14.2. The van der Waals surface area contributed by atoms with Gasteiger partial charge in [-0.2, -0.15) is 0 Å². The molecule has 2 N–H and O–H groups in total. The van der Waals surface area contributed by atoms with Crippen LogP contribution in [0.1, 0.15) is 110 Å². The summed E-state index contributed by atoms with van der Waals surface area (Å²) in [7, 11) is 0. The van der Waals surface area contributed by atoms with Crippen LogP contribution in [-0.4, -0.2) is 22.9 Å². The molecular weight excluding hydrogens is 272 g/mol. The highest BCUT2D eigenvalue weighted by Crippen LogP contribution is 2.16. The summed E-state index contributed by atoms with van der Waals surface area (Å²) in [6.45, 7) is 4.72. The van der Waals surface area contributed by atoms with Crippen LogP contribution in [0.5, 0.6) is 0 Å². The molecule has 0 aliphatic carbocycles. The molecule has 22 heavy (non-hydrogen) atoms. The Hall–Kier alpha value is -0.0800. The van der Waals surface area contributed by atoms with Gasteiger partial charge in [-0.15, -0.1) is 0 Å². The number of rotatable bonds is 17. The number of hydrogen-bond donors (Lipinski definition) is 2. The smallest absolute Gasteiger partial charge is 0.0540 e. The molecule has 0 aliphatic heterocycles. The average molecular weight is 315 g/mol. The van der Waals surface area contributed by atoms with Gasteiger partial charge in [-0.05, 0) is 25.2 Å². The Morgan fingerprint density at radius 1 is 0.636 bits per heavy atom. The molecule has 0 saturated heterocycles. The Morgan fingerprint density at radius 3 is 1.59 bits per heavy atom. The molecule has 2 unspecified atom stereocenters. The van der Waals surface area contributed by atoms with Crippen molar-refractivity contribution < 1.29 is 10.2 Å². The molecule has 0 aromatic heterocycles. The lowest BCUT2D eigenvalue weighted by atomic mass is 9.97. The van der Waals surface area contributed by atoms with E-state index in [9.17, 15) is 5.11 Å². The predicted octanol–water partition coefficient (Wildman–Crippen LogP) is 5.85. The van der Waals surface area contributed by atoms with Crippen LogP contribution in [0.2, 0.25) is 0 Å². The van der Waals surface area contributed by atoms with E-state index in [1.54, 1.807) is 0 Å². The highest BCUT2D eigenvalue weighted by molar-refractivity contribution is 4.60. The Balaban J connectivity index is 3.24. The van der Waals surface area contributed by atoms with E-state index in [-0.39, 0.29) is 6.10 Å². The minimum Gasteiger partial charge on any atom is -0.396 e. The number of unbranched alkanes of at least 4 members (excludes halogenated alkanes) is 9. The number of hydrogen-bond acceptors (Lipinski definition) is 2. The molecule has 0 bridgehead atoms. The summed E-state index contributed by atoms with van der Waals surface area (Å²) in [6.07, 6.45) is 18.4. The first-order valence-corrected chi connectivity index (χ1v) is 10.0. The Kier molecular flexibility index (Phi) is 17.2. The van der Waals surface area contributed by atoms with E-state index in [0.29, 0.717) is 12.5 Å². The van der Waals surface area contributed by atoms with Gasteiger partial charge >= 0.3 is 0 Å². The van der Waals surface area contributed by atoms with E-state index < -0.39 is 0 Å². The maximum atomic E-state index is 9.98. The minimum absolute atomic E-state index is 0.0984. The maximum absolute atomic E-state index is 9.98. The monoisotopic (exact) mass is 314 g/mol. The van der Waals surface area contributed by atoms with Crippen LogP contribution in [0.3, 0.4) is 0 Å². The van der Waals surface area contributed by atoms with Crippen LogP contribution in [0, 0.1) is 5.92 Å². The fourth-order valence-electron chi connectivity index (χ4n) is 3.07. The first kappa shape index (κ1) is 21.9. The molecule has 0 amide bonds. The van der Waals surface area contributed by atoms with Gasteiger partial charge in [0, 0.05) is 6.61 Å². The molecule has 0 fully saturated rings. The van der Waals surface area contributed by atoms with Crippen LogP contribution >= 0.6 is 0 Å². The Morgan fingerprint density at radius 2 is 1.09 bits per heavy atom. The van der Waals surface area contributed by atoms with Gasteiger partial charge in [-0.1, -0.05) is 90.9 Å². The van der Waals surface area contributed by atoms with Crippen LogP contribution < -0.4 is 0 Å². The van der Waals surface area contributed by atoms with Crippen LogP contribution in [-0.2, 0) is 0 Å². The maximum Gasteiger partial charge on any atom is 0.0540 e. The zero-order chi connectivity index (χ0) is 16.5. The second-order valence-electron chi connectivity index (χ2n) is 7.01. The minimum atomic E-state index is -0.0984. The van der Waals surface area contributed by atoms with Crippen molar-refractivity contribution in [1.29, 1.82) is 0 Å². The lowest BCUT2D eigenvalue weighted by Gasteiger charge is -2.13. The topological polar surface area (TPSA) is 40.5 Å². The van der Waals surface area contributed by atoms with Gasteiger partial charge in [0.2, 0.25) is 0 Å². The zero-order valence-corrected chi connectivity index (χ0v) is 15.4. The molecule has 0 radical (unpaired) electrons. The van der Waals surface area contributed by atoms with Crippen molar-refractivity contribution in [2.24, 2.45) is 5.92 Å². The number of aliphatic hydroxyl groups is 2. The molecule has 0 spiro atoms. The van der Waals surface area contributed by atoms with Gasteiger partial charge in [0.05, 0.1) is 6.10 Å². The Bertz CT molecular complexity index is 202. The van der Waals surface area contributed by atoms with E-state index in [1.807, 2.05) is 0 Å². The molecular formula is C20H42O2. The highest BCUT2D eigenvalue weighted by Gasteiger charge is 2.07. The van der Waals surface area contributed by atoms with Crippen molar-refractivity contribution in [3.8, 4) is 0 Å². The van der Waals surface area contributed by atoms with Gasteiger partial charge < -0.3 is 10.2 Å². The van der Waals surface area contributed by atoms with E-state index in [0.717, 1.165) is 38.5 Å². The number of aliphatic hydroxyl groups excluding tert-OH is 2. The second-order valence-corrected chi connectivity index (χ2v) is 7.01. The van der Waals surface area contributed by atoms with Crippen molar-refractivity contribution >= 4 is 0 Å². The fourth-order valence-corrected chi connectivity index (χ4v) is 3.07. The average Bonchev–Trinajstić information content (AvgIpc) is 2.53. The largest absolute Gasteiger partial charge is 0.396 e. The van der Waals surface area contributed by atoms with Crippen molar-refractivity contribution in [1.82, 2.24) is 0 Å². The van der Waals surface area contributed by atoms with Gasteiger partial charge in [0.1, 0.15) is 0 Å². The quantitative estimate of drug-likeness (QED) is 0.331. The summed E-state index contributed by atoms with van der Waals surface area (Å²) in [6, 6.07) is 0. The Labute approximate surface area is 139 Å². The fraction of sp³-hybridized carbons (Fsp3) is 1.00. The molecule has 134 valence electrons. The second kappa shape index (κ2) is 17.3. The van der Waals surface area contributed by atoms with Gasteiger partial charge in [-0.3, -0.25) is 0 Å². The van der Waals surface area contributed by atoms with Crippen LogP contribution in [0.15, 0.2) is 0 Å². The summed E-state index contributed by atoms with van der Waals surface area (Å²) < 4.78 is 0. The van der Waals surface area contributed by atoms with Crippen molar-refractivity contribution in [2.75, 3.05) is 6.61 Å². The summed E-state index contributed by atoms with van der Waals surface area (Å²) in [4.78, 5) is 0. The van der Waals surface area contributed by atoms with Crippen LogP contribution in [0.4, 0.5) is 0 Å². The van der Waals surface area contributed by atoms with E-state index in [4.69, 9.17) is 5.11 Å². The molecule has 0 aliphatic rings. The SMILES string of the molecule is CCCCCCCCCCCC(O)CCCCC(CC)CO. The molecule has 0 saturated carbocycles. The first-order valence-electron chi connectivity index (χ1n) is 10.0. The van der Waals surface area contributed by atoms with E-state index in [1.165, 1.54) is 57.8 Å². The van der Waals surface area contributed by atoms with Crippen molar-refractivity contribution in [3.63, 3.8) is 0 Å². The van der Waals surface area contributed by atoms with Gasteiger partial charge in [0.15, 0.2) is 0 Å². The summed E-state index contributed by atoms with van der Waals surface area (Å²) in [5.41, 5.74) is 0. The lowest BCUT2D eigenvalue weighted by molar-refractivity contribution is 0.145. The predicted molar refractivity (Wildman–Crippen MR) is 97.2 cm³/mol. The standard InChI is InChI=1S/C20H42O2/c1-3-5-6-7-8-9-10-11-12-16-20(22)17-14-13-15-19(4-2)18-21/h19-22H,3-18H2,1-2H3. The third-order valence-electron chi connectivity index (χ3n) is 4.88. The highest BCUT2D eigenvalue weighted by atomic mass is 16.3. The molecule has 2 atom stereocenters. The van der Waals surface area contributed by atoms with E-state index >= 15 is 0 Å². The third-order valence-corrected chi connectivity index (χ3v) is 4.88. The van der Waals surface area contributed by atoms with Crippen molar-refractivity contribution in [2.45, 2.75) is 116 Å². The summed E-state index contributed by atoms with van der Waals surface area (Å²) in [5, 5.41) is 19.1. The lowest BCUT2D eigenvalue weighted by Crippen LogP contribution is -2.08. The van der Waals surface area contributed by atoms with Crippen molar-refractivity contribution in [3.05, 3.63) is 0 Å². The molecule has 0 rings (SSSR count). The first-order chi connectivity index (χ1) is 10.7. The van der Waals surface area contributed by atoms with Gasteiger partial charge in [0.25, 0.3) is 0 Å². The van der Waals surface area contributed by atoms with E-state index in [2.05, 4.69) is 13.8 Å². The molecule has 2 nitrogen and oxygen atoms in total. The molecule has 0 aromatic rings. The third kappa shape index (κ3) is 14.8. The molecule has 0 heterocycles. The molecule has 0 aromatic carbocycles. The summed E-state index contributed by atoms with van der Waals surface area (Å²) >= 11 is 0.